The maximum atomic E-state index is 12.3. The minimum atomic E-state index is -0.737. The van der Waals surface area contributed by atoms with Gasteiger partial charge in [0.2, 0.25) is 5.91 Å². The third-order valence-electron chi connectivity index (χ3n) is 3.29. The number of carbonyl (C=O) groups is 3. The topological polar surface area (TPSA) is 159 Å². The zero-order valence-electron chi connectivity index (χ0n) is 14.7. The second-order valence-electron chi connectivity index (χ2n) is 5.76. The van der Waals surface area contributed by atoms with Gasteiger partial charge in [-0.25, -0.2) is 4.79 Å². The summed E-state index contributed by atoms with van der Waals surface area (Å²) in [4.78, 5) is 46.2. The molecule has 0 aliphatic carbocycles. The lowest BCUT2D eigenvalue weighted by Gasteiger charge is -2.10. The van der Waals surface area contributed by atoms with E-state index < -0.39 is 34.6 Å². The average Bonchev–Trinajstić information content (AvgIpc) is 3.11. The molecule has 0 saturated heterocycles. The Kier molecular flexibility index (Phi) is 5.90. The fourth-order valence-corrected chi connectivity index (χ4v) is 3.27. The summed E-state index contributed by atoms with van der Waals surface area (Å²) >= 11 is 0.853. The lowest BCUT2D eigenvalue weighted by atomic mass is 10.1. The number of thiophene rings is 1. The number of carbonyl (C=O) groups excluding carboxylic acids is 3. The summed E-state index contributed by atoms with van der Waals surface area (Å²) in [6.45, 7) is 4.53. The molecule has 0 aromatic carbocycles. The van der Waals surface area contributed by atoms with Crippen LogP contribution in [-0.2, 0) is 16.1 Å². The van der Waals surface area contributed by atoms with Crippen LogP contribution in [0, 0.1) is 17.0 Å². The number of esters is 1. The van der Waals surface area contributed by atoms with Gasteiger partial charge in [0.05, 0.1) is 33.9 Å². The molecule has 0 spiro atoms. The SMILES string of the molecule is Cc1c(C(N)=O)sc(NC(=O)Cn2ccc([N+](=O)[O-])n2)c1C(=O)OC(C)C. The zero-order chi connectivity index (χ0) is 20.3. The van der Waals surface area contributed by atoms with Gasteiger partial charge in [0.25, 0.3) is 5.91 Å². The number of anilines is 1. The maximum Gasteiger partial charge on any atom is 0.389 e. The molecule has 3 N–H and O–H groups in total. The summed E-state index contributed by atoms with van der Waals surface area (Å²) in [7, 11) is 0. The number of hydrogen-bond acceptors (Lipinski definition) is 8. The first kappa shape index (κ1) is 20.0. The van der Waals surface area contributed by atoms with Crippen molar-refractivity contribution in [1.82, 2.24) is 9.78 Å². The minimum Gasteiger partial charge on any atom is -0.459 e. The number of nitrogens with zero attached hydrogens (tertiary/aromatic N) is 3. The smallest absolute Gasteiger partial charge is 0.389 e. The number of nitrogens with two attached hydrogens (primary N) is 1. The van der Waals surface area contributed by atoms with Gasteiger partial charge in [0.1, 0.15) is 11.5 Å². The van der Waals surface area contributed by atoms with Crippen LogP contribution in [0.1, 0.15) is 39.4 Å². The summed E-state index contributed by atoms with van der Waals surface area (Å²) in [5, 5.41) is 16.9. The van der Waals surface area contributed by atoms with Crippen LogP contribution in [-0.4, -0.2) is 38.6 Å². The first-order valence-electron chi connectivity index (χ1n) is 7.72. The Morgan fingerprint density at radius 1 is 1.44 bits per heavy atom. The Morgan fingerprint density at radius 3 is 2.63 bits per heavy atom. The third kappa shape index (κ3) is 4.67. The predicted octanol–water partition coefficient (Wildman–Crippen LogP) is 1.46. The summed E-state index contributed by atoms with van der Waals surface area (Å²) in [6.07, 6.45) is 0.877. The molecule has 2 rings (SSSR count). The molecule has 0 fully saturated rings. The molecule has 2 aromatic rings. The van der Waals surface area contributed by atoms with Gasteiger partial charge in [-0.3, -0.25) is 9.59 Å². The third-order valence-corrected chi connectivity index (χ3v) is 4.51. The molecule has 144 valence electrons. The normalized spacial score (nSPS) is 10.7. The van der Waals surface area contributed by atoms with E-state index in [0.29, 0.717) is 5.56 Å². The lowest BCUT2D eigenvalue weighted by molar-refractivity contribution is -0.389. The summed E-state index contributed by atoms with van der Waals surface area (Å²) in [5.41, 5.74) is 5.66. The van der Waals surface area contributed by atoms with Gasteiger partial charge in [-0.05, 0) is 31.3 Å². The zero-order valence-corrected chi connectivity index (χ0v) is 15.5. The lowest BCUT2D eigenvalue weighted by Crippen LogP contribution is -2.21. The highest BCUT2D eigenvalue weighted by Crippen LogP contribution is 2.33. The van der Waals surface area contributed by atoms with Gasteiger partial charge in [0, 0.05) is 0 Å². The molecule has 2 aromatic heterocycles. The van der Waals surface area contributed by atoms with E-state index in [1.54, 1.807) is 13.8 Å². The molecule has 27 heavy (non-hydrogen) atoms. The van der Waals surface area contributed by atoms with Crippen molar-refractivity contribution in [2.24, 2.45) is 5.73 Å². The van der Waals surface area contributed by atoms with Crippen LogP contribution >= 0.6 is 11.3 Å². The van der Waals surface area contributed by atoms with E-state index in [9.17, 15) is 24.5 Å². The number of primary amides is 1. The highest BCUT2D eigenvalue weighted by Gasteiger charge is 2.26. The summed E-state index contributed by atoms with van der Waals surface area (Å²) in [6, 6.07) is 1.15. The standard InChI is InChI=1S/C15H17N5O6S/c1-7(2)26-15(23)11-8(3)12(13(16)22)27-14(11)17-10(21)6-19-5-4-9(18-19)20(24)25/h4-5,7H,6H2,1-3H3,(H2,16,22)(H,17,21). The molecule has 0 aliphatic heterocycles. The van der Waals surface area contributed by atoms with E-state index in [1.165, 1.54) is 13.1 Å². The number of amides is 2. The van der Waals surface area contributed by atoms with Gasteiger partial charge in [-0.2, -0.15) is 4.68 Å². The van der Waals surface area contributed by atoms with Crippen molar-refractivity contribution in [1.29, 1.82) is 0 Å². The molecule has 0 aliphatic rings. The molecule has 2 amide bonds. The fraction of sp³-hybridized carbons (Fsp3) is 0.333. The number of hydrogen-bond donors (Lipinski definition) is 2. The van der Waals surface area contributed by atoms with E-state index >= 15 is 0 Å². The first-order chi connectivity index (χ1) is 12.6. The van der Waals surface area contributed by atoms with Crippen molar-refractivity contribution in [2.75, 3.05) is 5.32 Å². The number of ether oxygens (including phenoxy) is 1. The molecule has 0 unspecified atom stereocenters. The van der Waals surface area contributed by atoms with E-state index in [4.69, 9.17) is 10.5 Å². The summed E-state index contributed by atoms with van der Waals surface area (Å²) in [5.74, 6) is -2.42. The second kappa shape index (κ2) is 7.95. The molecule has 0 radical (unpaired) electrons. The summed E-state index contributed by atoms with van der Waals surface area (Å²) < 4.78 is 6.23. The fourth-order valence-electron chi connectivity index (χ4n) is 2.21. The number of nitro groups is 1. The van der Waals surface area contributed by atoms with Gasteiger partial charge in [-0.15, -0.1) is 11.3 Å². The first-order valence-corrected chi connectivity index (χ1v) is 8.53. The maximum absolute atomic E-state index is 12.3. The predicted molar refractivity (Wildman–Crippen MR) is 95.6 cm³/mol. The quantitative estimate of drug-likeness (QED) is 0.408. The van der Waals surface area contributed by atoms with Crippen LogP contribution in [0.25, 0.3) is 0 Å². The Balaban J connectivity index is 2.26. The minimum absolute atomic E-state index is 0.0438. The molecule has 2 heterocycles. The molecule has 0 atom stereocenters. The van der Waals surface area contributed by atoms with Crippen molar-refractivity contribution in [2.45, 2.75) is 33.4 Å². The molecule has 12 heteroatoms. The van der Waals surface area contributed by atoms with Crippen LogP contribution < -0.4 is 11.1 Å². The van der Waals surface area contributed by atoms with E-state index in [2.05, 4.69) is 10.4 Å². The molecule has 0 saturated carbocycles. The van der Waals surface area contributed by atoms with Crippen molar-refractivity contribution in [3.8, 4) is 0 Å². The van der Waals surface area contributed by atoms with E-state index in [-0.39, 0.29) is 22.0 Å². The Morgan fingerprint density at radius 2 is 2.11 bits per heavy atom. The molecule has 11 nitrogen and oxygen atoms in total. The van der Waals surface area contributed by atoms with E-state index in [1.807, 2.05) is 0 Å². The average molecular weight is 395 g/mol. The highest BCUT2D eigenvalue weighted by molar-refractivity contribution is 7.18. The van der Waals surface area contributed by atoms with Gasteiger partial charge in [-0.1, -0.05) is 0 Å². The van der Waals surface area contributed by atoms with Crippen molar-refractivity contribution >= 4 is 39.9 Å². The largest absolute Gasteiger partial charge is 0.459 e. The molecule has 0 bridgehead atoms. The van der Waals surface area contributed by atoms with E-state index in [0.717, 1.165) is 22.1 Å². The molecular formula is C15H17N5O6S. The van der Waals surface area contributed by atoms with Gasteiger partial charge >= 0.3 is 11.8 Å². The number of nitrogens with one attached hydrogen (secondary N) is 1. The Labute approximate surface area is 157 Å². The van der Waals surface area contributed by atoms with Crippen LogP contribution in [0.4, 0.5) is 10.8 Å². The number of rotatable bonds is 7. The Hall–Kier alpha value is -3.28. The second-order valence-corrected chi connectivity index (χ2v) is 6.78. The number of aromatic nitrogens is 2. The monoisotopic (exact) mass is 395 g/mol. The molecular weight excluding hydrogens is 378 g/mol. The van der Waals surface area contributed by atoms with Crippen LogP contribution in [0.2, 0.25) is 0 Å². The van der Waals surface area contributed by atoms with Crippen molar-refractivity contribution in [3.05, 3.63) is 38.4 Å². The van der Waals surface area contributed by atoms with Crippen LogP contribution in [0.3, 0.4) is 0 Å². The van der Waals surface area contributed by atoms with Crippen LogP contribution in [0.15, 0.2) is 12.3 Å². The van der Waals surface area contributed by atoms with Gasteiger partial charge in [0.15, 0.2) is 0 Å². The van der Waals surface area contributed by atoms with Gasteiger partial charge < -0.3 is 25.9 Å². The highest BCUT2D eigenvalue weighted by atomic mass is 32.1. The van der Waals surface area contributed by atoms with Crippen molar-refractivity contribution < 1.29 is 24.0 Å². The Bertz CT molecular complexity index is 916. The van der Waals surface area contributed by atoms with Crippen molar-refractivity contribution in [3.63, 3.8) is 0 Å². The van der Waals surface area contributed by atoms with Crippen LogP contribution in [0.5, 0.6) is 0 Å².